The molecule has 0 saturated heterocycles. The highest BCUT2D eigenvalue weighted by Crippen LogP contribution is 2.32. The summed E-state index contributed by atoms with van der Waals surface area (Å²) in [6, 6.07) is 6.21. The van der Waals surface area contributed by atoms with Crippen LogP contribution in [-0.4, -0.2) is 9.97 Å². The fourth-order valence-corrected chi connectivity index (χ4v) is 2.37. The summed E-state index contributed by atoms with van der Waals surface area (Å²) in [4.78, 5) is 6.85. The van der Waals surface area contributed by atoms with Gasteiger partial charge < -0.3 is 10.5 Å². The number of hydrogen-bond acceptors (Lipinski definition) is 4. The molecule has 0 saturated carbocycles. The molecule has 21 heavy (non-hydrogen) atoms. The summed E-state index contributed by atoms with van der Waals surface area (Å²) in [5.74, 6) is -0.240. The molecule has 1 aromatic carbocycles. The summed E-state index contributed by atoms with van der Waals surface area (Å²) in [6.07, 6.45) is -1.54. The predicted molar refractivity (Wildman–Crippen MR) is 70.0 cm³/mol. The van der Waals surface area contributed by atoms with Crippen LogP contribution in [0.15, 0.2) is 24.3 Å². The van der Waals surface area contributed by atoms with E-state index in [2.05, 4.69) is 9.97 Å². The van der Waals surface area contributed by atoms with Gasteiger partial charge in [-0.3, -0.25) is 0 Å². The van der Waals surface area contributed by atoms with Crippen LogP contribution in [0.2, 0.25) is 0 Å². The van der Waals surface area contributed by atoms with Crippen molar-refractivity contribution in [2.24, 2.45) is 0 Å². The zero-order chi connectivity index (χ0) is 15.0. The van der Waals surface area contributed by atoms with Gasteiger partial charge in [0.15, 0.2) is 5.69 Å². The number of ether oxygens (including phenoxy) is 1. The molecule has 0 bridgehead atoms. The highest BCUT2D eigenvalue weighted by Gasteiger charge is 2.33. The van der Waals surface area contributed by atoms with E-state index in [1.54, 1.807) is 6.07 Å². The number of anilines is 1. The van der Waals surface area contributed by atoms with Gasteiger partial charge in [0, 0.05) is 6.07 Å². The third kappa shape index (κ3) is 2.91. The topological polar surface area (TPSA) is 61.0 Å². The smallest absolute Gasteiger partial charge is 0.433 e. The van der Waals surface area contributed by atoms with E-state index in [0.717, 1.165) is 30.9 Å². The first-order chi connectivity index (χ1) is 9.91. The van der Waals surface area contributed by atoms with Crippen molar-refractivity contribution in [3.63, 3.8) is 0 Å². The lowest BCUT2D eigenvalue weighted by molar-refractivity contribution is -0.141. The lowest BCUT2D eigenvalue weighted by atomic mass is 10.1. The fraction of sp³-hybridized carbons (Fsp3) is 0.286. The summed E-state index contributed by atoms with van der Waals surface area (Å²) in [6.45, 7) is 0. The summed E-state index contributed by atoms with van der Waals surface area (Å²) >= 11 is 0. The number of nitrogens with two attached hydrogens (primary N) is 1. The van der Waals surface area contributed by atoms with Crippen LogP contribution in [0.25, 0.3) is 0 Å². The molecule has 7 heteroatoms. The maximum atomic E-state index is 12.7. The third-order valence-electron chi connectivity index (χ3n) is 3.30. The van der Waals surface area contributed by atoms with Crippen molar-refractivity contribution in [1.82, 2.24) is 9.97 Å². The molecule has 1 aliphatic carbocycles. The zero-order valence-corrected chi connectivity index (χ0v) is 10.9. The van der Waals surface area contributed by atoms with Crippen molar-refractivity contribution >= 4 is 5.95 Å². The van der Waals surface area contributed by atoms with E-state index in [4.69, 9.17) is 10.5 Å². The Bertz CT molecular complexity index is 686. The minimum absolute atomic E-state index is 0.215. The third-order valence-corrected chi connectivity index (χ3v) is 3.30. The second-order valence-electron chi connectivity index (χ2n) is 4.83. The van der Waals surface area contributed by atoms with Gasteiger partial charge in [-0.25, -0.2) is 4.98 Å². The van der Waals surface area contributed by atoms with Crippen LogP contribution >= 0.6 is 0 Å². The maximum absolute atomic E-state index is 12.7. The summed E-state index contributed by atoms with van der Waals surface area (Å²) in [7, 11) is 0. The molecule has 110 valence electrons. The second-order valence-corrected chi connectivity index (χ2v) is 4.83. The first-order valence-electron chi connectivity index (χ1n) is 6.43. The molecule has 2 N–H and O–H groups in total. The van der Waals surface area contributed by atoms with Gasteiger partial charge in [-0.05, 0) is 42.5 Å². The van der Waals surface area contributed by atoms with Crippen LogP contribution in [0.5, 0.6) is 11.6 Å². The predicted octanol–water partition coefficient (Wildman–Crippen LogP) is 3.36. The average Bonchev–Trinajstić information content (AvgIpc) is 2.84. The van der Waals surface area contributed by atoms with E-state index < -0.39 is 17.8 Å². The van der Waals surface area contributed by atoms with E-state index >= 15 is 0 Å². The molecule has 2 aromatic rings. The summed E-state index contributed by atoms with van der Waals surface area (Å²) in [5.41, 5.74) is 6.59. The van der Waals surface area contributed by atoms with Crippen LogP contribution in [0.1, 0.15) is 23.2 Å². The Morgan fingerprint density at radius 3 is 2.57 bits per heavy atom. The minimum atomic E-state index is -4.59. The zero-order valence-electron chi connectivity index (χ0n) is 10.9. The van der Waals surface area contributed by atoms with Crippen molar-refractivity contribution < 1.29 is 17.9 Å². The molecule has 0 fully saturated rings. The van der Waals surface area contributed by atoms with Crippen molar-refractivity contribution in [2.75, 3.05) is 5.73 Å². The van der Waals surface area contributed by atoms with Crippen molar-refractivity contribution in [3.05, 3.63) is 41.1 Å². The highest BCUT2D eigenvalue weighted by atomic mass is 19.4. The monoisotopic (exact) mass is 295 g/mol. The van der Waals surface area contributed by atoms with E-state index in [1.165, 1.54) is 5.56 Å². The Morgan fingerprint density at radius 1 is 1.05 bits per heavy atom. The number of halogens is 3. The van der Waals surface area contributed by atoms with Gasteiger partial charge in [0.2, 0.25) is 11.8 Å². The molecule has 4 nitrogen and oxygen atoms in total. The van der Waals surface area contributed by atoms with E-state index in [0.29, 0.717) is 5.75 Å². The van der Waals surface area contributed by atoms with Crippen LogP contribution in [0.4, 0.5) is 19.1 Å². The van der Waals surface area contributed by atoms with Gasteiger partial charge in [-0.1, -0.05) is 6.07 Å². The molecule has 0 atom stereocenters. The molecule has 0 amide bonds. The molecule has 0 aliphatic heterocycles. The Morgan fingerprint density at radius 2 is 1.81 bits per heavy atom. The van der Waals surface area contributed by atoms with E-state index in [1.807, 2.05) is 12.1 Å². The maximum Gasteiger partial charge on any atom is 0.433 e. The Kier molecular flexibility index (Phi) is 3.19. The Labute approximate surface area is 118 Å². The van der Waals surface area contributed by atoms with Crippen LogP contribution < -0.4 is 10.5 Å². The normalized spacial score (nSPS) is 14.0. The fourth-order valence-electron chi connectivity index (χ4n) is 2.37. The molecule has 1 aliphatic rings. The Balaban J connectivity index is 1.89. The van der Waals surface area contributed by atoms with Gasteiger partial charge in [0.05, 0.1) is 0 Å². The van der Waals surface area contributed by atoms with Gasteiger partial charge in [-0.2, -0.15) is 18.2 Å². The van der Waals surface area contributed by atoms with Gasteiger partial charge in [0.1, 0.15) is 5.75 Å². The Hall–Kier alpha value is -2.31. The van der Waals surface area contributed by atoms with Gasteiger partial charge in [-0.15, -0.1) is 0 Å². The van der Waals surface area contributed by atoms with Crippen molar-refractivity contribution in [3.8, 4) is 11.6 Å². The van der Waals surface area contributed by atoms with Crippen LogP contribution in [0, 0.1) is 0 Å². The molecule has 3 rings (SSSR count). The van der Waals surface area contributed by atoms with Crippen molar-refractivity contribution in [2.45, 2.75) is 25.4 Å². The number of rotatable bonds is 2. The first-order valence-corrected chi connectivity index (χ1v) is 6.43. The molecular formula is C14H12F3N3O. The lowest BCUT2D eigenvalue weighted by Crippen LogP contribution is -2.11. The van der Waals surface area contributed by atoms with Crippen molar-refractivity contribution in [1.29, 1.82) is 0 Å². The van der Waals surface area contributed by atoms with Gasteiger partial charge >= 0.3 is 6.18 Å². The summed E-state index contributed by atoms with van der Waals surface area (Å²) < 4.78 is 43.4. The number of hydrogen-bond donors (Lipinski definition) is 1. The number of aromatic nitrogens is 2. The number of fused-ring (bicyclic) bond motifs is 1. The number of benzene rings is 1. The first kappa shape index (κ1) is 13.7. The largest absolute Gasteiger partial charge is 0.439 e. The van der Waals surface area contributed by atoms with Gasteiger partial charge in [0.25, 0.3) is 0 Å². The molecule has 1 heterocycles. The number of aryl methyl sites for hydroxylation is 2. The molecule has 0 unspecified atom stereocenters. The van der Waals surface area contributed by atoms with Crippen LogP contribution in [-0.2, 0) is 19.0 Å². The van der Waals surface area contributed by atoms with E-state index in [9.17, 15) is 13.2 Å². The number of nitrogen functional groups attached to an aromatic ring is 1. The molecule has 0 spiro atoms. The SMILES string of the molecule is Nc1nc(Oc2ccc3c(c2)CCC3)cc(C(F)(F)F)n1. The lowest BCUT2D eigenvalue weighted by Gasteiger charge is -2.10. The second kappa shape index (κ2) is 4.91. The minimum Gasteiger partial charge on any atom is -0.439 e. The molecular weight excluding hydrogens is 283 g/mol. The summed E-state index contributed by atoms with van der Waals surface area (Å²) in [5, 5.41) is 0. The number of alkyl halides is 3. The highest BCUT2D eigenvalue weighted by molar-refractivity contribution is 5.40. The quantitative estimate of drug-likeness (QED) is 0.923. The standard InChI is InChI=1S/C14H12F3N3O/c15-14(16,17)11-7-12(20-13(18)19-11)21-10-5-4-8-2-1-3-9(8)6-10/h4-7H,1-3H2,(H2,18,19,20). The van der Waals surface area contributed by atoms with E-state index in [-0.39, 0.29) is 5.88 Å². The average molecular weight is 295 g/mol. The molecule has 1 aromatic heterocycles. The number of nitrogens with zero attached hydrogens (tertiary/aromatic N) is 2. The molecule has 0 radical (unpaired) electrons. The van der Waals surface area contributed by atoms with Crippen LogP contribution in [0.3, 0.4) is 0 Å².